The van der Waals surface area contributed by atoms with Gasteiger partial charge >= 0.3 is 6.18 Å². The van der Waals surface area contributed by atoms with Gasteiger partial charge in [0.05, 0.1) is 24.6 Å². The van der Waals surface area contributed by atoms with Crippen molar-refractivity contribution in [2.75, 3.05) is 40.0 Å². The number of ether oxygens (including phenoxy) is 2. The van der Waals surface area contributed by atoms with E-state index in [4.69, 9.17) is 15.2 Å². The number of carbonyl (C=O) groups excluding carboxylic acids is 1. The highest BCUT2D eigenvalue weighted by atomic mass is 19.4. The maximum atomic E-state index is 13.5. The predicted molar refractivity (Wildman–Crippen MR) is 143 cm³/mol. The molecular formula is C28H38F3N5O3. The Morgan fingerprint density at radius 2 is 1.95 bits per heavy atom. The lowest BCUT2D eigenvalue weighted by Gasteiger charge is -2.38. The van der Waals surface area contributed by atoms with Gasteiger partial charge in [-0.15, -0.1) is 0 Å². The lowest BCUT2D eigenvalue weighted by atomic mass is 9.96. The molecule has 8 nitrogen and oxygen atoms in total. The Kier molecular flexibility index (Phi) is 9.35. The standard InChI is InChI=1S/C28H38F3N5O3/c1-18(19(2)36-10-6-20-4-5-22(28(29,30)31)14-21(20)15-36)26(33-17-32)27(37)35-11-7-23(8-12-35)34-24-9-13-39-16-25(24)38-3/h4-5,14,17,23-25,34H,2,6-13,15-16H2,1,3H3,(H2,32,33)/b26-18-. The molecule has 2 saturated heterocycles. The first-order valence-electron chi connectivity index (χ1n) is 13.4. The Morgan fingerprint density at radius 1 is 1.21 bits per heavy atom. The predicted octanol–water partition coefficient (Wildman–Crippen LogP) is 3.22. The van der Waals surface area contributed by atoms with Crippen molar-refractivity contribution in [1.29, 1.82) is 0 Å². The number of carbonyl (C=O) groups is 1. The van der Waals surface area contributed by atoms with Crippen LogP contribution in [0.3, 0.4) is 0 Å². The number of nitrogens with two attached hydrogens (primary N) is 1. The molecule has 214 valence electrons. The van der Waals surface area contributed by atoms with Gasteiger partial charge in [-0.05, 0) is 55.9 Å². The summed E-state index contributed by atoms with van der Waals surface area (Å²) in [5, 5.41) is 3.68. The van der Waals surface area contributed by atoms with E-state index in [9.17, 15) is 18.0 Å². The summed E-state index contributed by atoms with van der Waals surface area (Å²) in [5.41, 5.74) is 7.74. The molecule has 3 heterocycles. The van der Waals surface area contributed by atoms with Crippen molar-refractivity contribution in [2.45, 2.75) is 63.5 Å². The number of fused-ring (bicyclic) bond motifs is 1. The molecule has 3 aliphatic heterocycles. The fourth-order valence-corrected chi connectivity index (χ4v) is 5.56. The number of piperidine rings is 1. The summed E-state index contributed by atoms with van der Waals surface area (Å²) in [6.07, 6.45) is -0.236. The molecule has 1 aromatic rings. The monoisotopic (exact) mass is 549 g/mol. The van der Waals surface area contributed by atoms with Crippen LogP contribution in [0.15, 0.2) is 46.7 Å². The second-order valence-corrected chi connectivity index (χ2v) is 10.3. The van der Waals surface area contributed by atoms with Crippen molar-refractivity contribution in [3.8, 4) is 0 Å². The molecular weight excluding hydrogens is 511 g/mol. The summed E-state index contributed by atoms with van der Waals surface area (Å²) in [5.74, 6) is -0.230. The molecule has 1 aromatic carbocycles. The van der Waals surface area contributed by atoms with Crippen LogP contribution in [0.1, 0.15) is 42.9 Å². The number of halogens is 3. The van der Waals surface area contributed by atoms with Crippen molar-refractivity contribution in [3.63, 3.8) is 0 Å². The Hall–Kier alpha value is -2.89. The van der Waals surface area contributed by atoms with Crippen LogP contribution in [0, 0.1) is 0 Å². The van der Waals surface area contributed by atoms with Gasteiger partial charge in [0.15, 0.2) is 0 Å². The van der Waals surface area contributed by atoms with E-state index in [1.165, 1.54) is 6.07 Å². The number of amides is 1. The number of rotatable bonds is 7. The highest BCUT2D eigenvalue weighted by Gasteiger charge is 2.33. The van der Waals surface area contributed by atoms with E-state index in [2.05, 4.69) is 16.9 Å². The number of allylic oxidation sites excluding steroid dienone is 1. The number of nitrogens with zero attached hydrogens (tertiary/aromatic N) is 3. The summed E-state index contributed by atoms with van der Waals surface area (Å²) in [6, 6.07) is 4.36. The van der Waals surface area contributed by atoms with Gasteiger partial charge in [-0.25, -0.2) is 4.99 Å². The zero-order valence-corrected chi connectivity index (χ0v) is 22.6. The molecule has 0 aromatic heterocycles. The molecule has 0 saturated carbocycles. The second kappa shape index (κ2) is 12.5. The van der Waals surface area contributed by atoms with Gasteiger partial charge in [0.2, 0.25) is 0 Å². The van der Waals surface area contributed by atoms with Crippen LogP contribution >= 0.6 is 0 Å². The quantitative estimate of drug-likeness (QED) is 0.235. The molecule has 0 spiro atoms. The van der Waals surface area contributed by atoms with E-state index in [-0.39, 0.29) is 36.3 Å². The van der Waals surface area contributed by atoms with Crippen LogP contribution in [0.25, 0.3) is 0 Å². The SMILES string of the molecule is C=C(/C(C)=C(\N=C/N)C(=O)N1CCC(NC2CCOCC2OC)CC1)N1CCc2ccc(C(F)(F)F)cc2C1. The molecule has 1 amide bonds. The van der Waals surface area contributed by atoms with Crippen LogP contribution in [0.4, 0.5) is 13.2 Å². The van der Waals surface area contributed by atoms with Gasteiger partial charge < -0.3 is 30.3 Å². The molecule has 3 aliphatic rings. The number of aliphatic imine (C=N–C) groups is 1. The maximum Gasteiger partial charge on any atom is 0.416 e. The van der Waals surface area contributed by atoms with Gasteiger partial charge in [0, 0.05) is 63.2 Å². The van der Waals surface area contributed by atoms with Gasteiger partial charge in [-0.2, -0.15) is 13.2 Å². The summed E-state index contributed by atoms with van der Waals surface area (Å²) in [7, 11) is 1.69. The topological polar surface area (TPSA) is 92.4 Å². The van der Waals surface area contributed by atoms with E-state index >= 15 is 0 Å². The smallest absolute Gasteiger partial charge is 0.390 e. The third kappa shape index (κ3) is 6.82. The Labute approximate surface area is 227 Å². The highest BCUT2D eigenvalue weighted by Crippen LogP contribution is 2.33. The van der Waals surface area contributed by atoms with Gasteiger partial charge in [0.25, 0.3) is 5.91 Å². The molecule has 2 atom stereocenters. The van der Waals surface area contributed by atoms with E-state index in [1.54, 1.807) is 25.0 Å². The minimum Gasteiger partial charge on any atom is -0.390 e. The zero-order chi connectivity index (χ0) is 28.2. The summed E-state index contributed by atoms with van der Waals surface area (Å²) in [6.45, 7) is 9.20. The fourth-order valence-electron chi connectivity index (χ4n) is 5.56. The Balaban J connectivity index is 1.42. The number of methoxy groups -OCH3 is 1. The van der Waals surface area contributed by atoms with Gasteiger partial charge in [-0.1, -0.05) is 12.6 Å². The molecule has 0 aliphatic carbocycles. The number of benzene rings is 1. The van der Waals surface area contributed by atoms with Crippen LogP contribution < -0.4 is 11.1 Å². The van der Waals surface area contributed by atoms with E-state index < -0.39 is 11.7 Å². The zero-order valence-electron chi connectivity index (χ0n) is 22.6. The first-order chi connectivity index (χ1) is 18.6. The third-order valence-electron chi connectivity index (χ3n) is 7.96. The molecule has 39 heavy (non-hydrogen) atoms. The molecule has 0 radical (unpaired) electrons. The largest absolute Gasteiger partial charge is 0.416 e. The highest BCUT2D eigenvalue weighted by molar-refractivity contribution is 5.95. The normalized spacial score (nSPS) is 23.5. The summed E-state index contributed by atoms with van der Waals surface area (Å²) < 4.78 is 50.8. The molecule has 0 bridgehead atoms. The second-order valence-electron chi connectivity index (χ2n) is 10.3. The number of hydrogen-bond donors (Lipinski definition) is 2. The fraction of sp³-hybridized carbons (Fsp3) is 0.571. The molecule has 11 heteroatoms. The lowest BCUT2D eigenvalue weighted by Crippen LogP contribution is -2.54. The molecule has 2 fully saturated rings. The first-order valence-corrected chi connectivity index (χ1v) is 13.4. The minimum atomic E-state index is -4.40. The summed E-state index contributed by atoms with van der Waals surface area (Å²) >= 11 is 0. The Morgan fingerprint density at radius 3 is 2.62 bits per heavy atom. The average molecular weight is 550 g/mol. The van der Waals surface area contributed by atoms with Crippen molar-refractivity contribution in [1.82, 2.24) is 15.1 Å². The van der Waals surface area contributed by atoms with E-state index in [0.717, 1.165) is 37.2 Å². The van der Waals surface area contributed by atoms with Crippen LogP contribution in [-0.4, -0.2) is 80.2 Å². The van der Waals surface area contributed by atoms with E-state index in [0.29, 0.717) is 56.1 Å². The maximum absolute atomic E-state index is 13.5. The van der Waals surface area contributed by atoms with Crippen LogP contribution in [0.2, 0.25) is 0 Å². The first kappa shape index (κ1) is 29.1. The summed E-state index contributed by atoms with van der Waals surface area (Å²) in [4.78, 5) is 21.4. The molecule has 4 rings (SSSR count). The van der Waals surface area contributed by atoms with Crippen molar-refractivity contribution >= 4 is 12.2 Å². The average Bonchev–Trinajstić information content (AvgIpc) is 2.94. The number of alkyl halides is 3. The minimum absolute atomic E-state index is 0.0160. The van der Waals surface area contributed by atoms with Crippen molar-refractivity contribution in [2.24, 2.45) is 10.7 Å². The number of nitrogens with one attached hydrogen (secondary N) is 1. The third-order valence-corrected chi connectivity index (χ3v) is 7.96. The molecule has 3 N–H and O–H groups in total. The number of hydrogen-bond acceptors (Lipinski definition) is 6. The van der Waals surface area contributed by atoms with Gasteiger partial charge in [-0.3, -0.25) is 4.79 Å². The number of likely N-dealkylation sites (tertiary alicyclic amines) is 1. The van der Waals surface area contributed by atoms with Crippen LogP contribution in [0.5, 0.6) is 0 Å². The lowest BCUT2D eigenvalue weighted by molar-refractivity contribution is -0.137. The van der Waals surface area contributed by atoms with Gasteiger partial charge in [0.1, 0.15) is 5.70 Å². The van der Waals surface area contributed by atoms with Crippen molar-refractivity contribution in [3.05, 3.63) is 58.4 Å². The molecule has 2 unspecified atom stereocenters. The van der Waals surface area contributed by atoms with Crippen LogP contribution in [-0.2, 0) is 33.4 Å². The van der Waals surface area contributed by atoms with E-state index in [1.807, 2.05) is 4.90 Å². The van der Waals surface area contributed by atoms with Crippen molar-refractivity contribution < 1.29 is 27.4 Å². The Bertz CT molecular complexity index is 1110.